The second kappa shape index (κ2) is 6.85. The van der Waals surface area contributed by atoms with Gasteiger partial charge in [-0.2, -0.15) is 4.98 Å². The number of hydrogen-bond donors (Lipinski definition) is 1. The topological polar surface area (TPSA) is 60.2 Å². The van der Waals surface area contributed by atoms with Crippen LogP contribution in [0, 0.1) is 0 Å². The molecule has 2 rings (SSSR count). The summed E-state index contributed by atoms with van der Waals surface area (Å²) in [4.78, 5) is 4.46. The Kier molecular flexibility index (Phi) is 5.13. The van der Waals surface area contributed by atoms with E-state index in [2.05, 4.69) is 22.4 Å². The maximum Gasteiger partial charge on any atom is 0.231 e. The predicted octanol–water partition coefficient (Wildman–Crippen LogP) is 2.24. The molecule has 0 aromatic carbocycles. The molecule has 102 valence electrons. The molecular formula is C13H23N3O2. The largest absolute Gasteiger partial charge is 0.377 e. The Balaban J connectivity index is 2.09. The van der Waals surface area contributed by atoms with Gasteiger partial charge in [0.2, 0.25) is 5.89 Å². The van der Waals surface area contributed by atoms with E-state index in [1.54, 1.807) is 7.11 Å². The Labute approximate surface area is 108 Å². The van der Waals surface area contributed by atoms with Gasteiger partial charge < -0.3 is 14.6 Å². The third-order valence-corrected chi connectivity index (χ3v) is 3.56. The molecule has 0 saturated heterocycles. The zero-order valence-corrected chi connectivity index (χ0v) is 11.3. The van der Waals surface area contributed by atoms with Crippen molar-refractivity contribution in [3.05, 3.63) is 11.7 Å². The summed E-state index contributed by atoms with van der Waals surface area (Å²) in [5.74, 6) is 1.77. The number of nitrogens with zero attached hydrogens (tertiary/aromatic N) is 2. The van der Waals surface area contributed by atoms with Crippen LogP contribution in [0.5, 0.6) is 0 Å². The van der Waals surface area contributed by atoms with Crippen molar-refractivity contribution < 1.29 is 9.26 Å². The van der Waals surface area contributed by atoms with E-state index in [1.165, 1.54) is 25.7 Å². The van der Waals surface area contributed by atoms with Gasteiger partial charge >= 0.3 is 0 Å². The molecule has 18 heavy (non-hydrogen) atoms. The summed E-state index contributed by atoms with van der Waals surface area (Å²) in [6.45, 7) is 3.55. The van der Waals surface area contributed by atoms with Crippen LogP contribution in [0.15, 0.2) is 4.52 Å². The molecule has 0 bridgehead atoms. The summed E-state index contributed by atoms with van der Waals surface area (Å²) in [5, 5.41) is 7.52. The average molecular weight is 253 g/mol. The molecule has 2 unspecified atom stereocenters. The molecule has 0 radical (unpaired) electrons. The van der Waals surface area contributed by atoms with Gasteiger partial charge in [0.1, 0.15) is 6.61 Å². The van der Waals surface area contributed by atoms with E-state index in [0.717, 1.165) is 18.9 Å². The van der Waals surface area contributed by atoms with E-state index in [1.807, 2.05) is 0 Å². The second-order valence-corrected chi connectivity index (χ2v) is 4.89. The molecule has 0 aliphatic heterocycles. The molecule has 1 aromatic heterocycles. The summed E-state index contributed by atoms with van der Waals surface area (Å²) in [6.07, 6.45) is 6.16. The van der Waals surface area contributed by atoms with Gasteiger partial charge in [-0.1, -0.05) is 31.3 Å². The van der Waals surface area contributed by atoms with Gasteiger partial charge in [-0.05, 0) is 19.4 Å². The lowest BCUT2D eigenvalue weighted by molar-refractivity contribution is 0.174. The van der Waals surface area contributed by atoms with Crippen molar-refractivity contribution in [1.82, 2.24) is 15.5 Å². The minimum atomic E-state index is 0.352. The highest BCUT2D eigenvalue weighted by atomic mass is 16.5. The van der Waals surface area contributed by atoms with Crippen LogP contribution in [0.3, 0.4) is 0 Å². The molecule has 1 saturated carbocycles. The van der Waals surface area contributed by atoms with Crippen LogP contribution in [-0.2, 0) is 11.3 Å². The van der Waals surface area contributed by atoms with Gasteiger partial charge in [-0.25, -0.2) is 0 Å². The molecule has 1 aromatic rings. The number of methoxy groups -OCH3 is 1. The molecule has 1 aliphatic carbocycles. The van der Waals surface area contributed by atoms with Gasteiger partial charge in [-0.3, -0.25) is 0 Å². The van der Waals surface area contributed by atoms with Crippen molar-refractivity contribution in [1.29, 1.82) is 0 Å². The van der Waals surface area contributed by atoms with Crippen molar-refractivity contribution in [2.75, 3.05) is 13.7 Å². The van der Waals surface area contributed by atoms with E-state index in [9.17, 15) is 0 Å². The van der Waals surface area contributed by atoms with Gasteiger partial charge in [0.05, 0.1) is 5.92 Å². The summed E-state index contributed by atoms with van der Waals surface area (Å²) >= 11 is 0. The highest BCUT2D eigenvalue weighted by Crippen LogP contribution is 2.31. The van der Waals surface area contributed by atoms with E-state index >= 15 is 0 Å². The van der Waals surface area contributed by atoms with E-state index in [0.29, 0.717) is 24.4 Å². The fraction of sp³-hybridized carbons (Fsp3) is 0.846. The average Bonchev–Trinajstić information content (AvgIpc) is 2.69. The van der Waals surface area contributed by atoms with Crippen molar-refractivity contribution >= 4 is 0 Å². The van der Waals surface area contributed by atoms with Gasteiger partial charge in [0.25, 0.3) is 0 Å². The molecule has 1 fully saturated rings. The number of nitrogens with one attached hydrogen (secondary N) is 1. The zero-order chi connectivity index (χ0) is 12.8. The highest BCUT2D eigenvalue weighted by molar-refractivity contribution is 5.00. The highest BCUT2D eigenvalue weighted by Gasteiger charge is 2.29. The molecule has 5 nitrogen and oxygen atoms in total. The Morgan fingerprint density at radius 1 is 1.33 bits per heavy atom. The predicted molar refractivity (Wildman–Crippen MR) is 68.3 cm³/mol. The fourth-order valence-corrected chi connectivity index (χ4v) is 2.72. The van der Waals surface area contributed by atoms with E-state index < -0.39 is 0 Å². The summed E-state index contributed by atoms with van der Waals surface area (Å²) in [6, 6.07) is 0.466. The molecule has 2 atom stereocenters. The maximum atomic E-state index is 5.41. The summed E-state index contributed by atoms with van der Waals surface area (Å²) < 4.78 is 10.4. The van der Waals surface area contributed by atoms with Gasteiger partial charge in [0.15, 0.2) is 5.82 Å². The van der Waals surface area contributed by atoms with Gasteiger partial charge in [-0.15, -0.1) is 0 Å². The van der Waals surface area contributed by atoms with Crippen molar-refractivity contribution in [2.24, 2.45) is 0 Å². The number of rotatable bonds is 5. The minimum Gasteiger partial charge on any atom is -0.377 e. The van der Waals surface area contributed by atoms with Gasteiger partial charge in [0, 0.05) is 13.2 Å². The molecule has 1 heterocycles. The first kappa shape index (κ1) is 13.5. The first-order valence-corrected chi connectivity index (χ1v) is 6.90. The van der Waals surface area contributed by atoms with Crippen LogP contribution >= 0.6 is 0 Å². The van der Waals surface area contributed by atoms with E-state index in [4.69, 9.17) is 9.26 Å². The summed E-state index contributed by atoms with van der Waals surface area (Å²) in [7, 11) is 1.64. The monoisotopic (exact) mass is 253 g/mol. The summed E-state index contributed by atoms with van der Waals surface area (Å²) in [5.41, 5.74) is 0. The zero-order valence-electron chi connectivity index (χ0n) is 11.3. The van der Waals surface area contributed by atoms with Crippen LogP contribution in [0.1, 0.15) is 56.7 Å². The maximum absolute atomic E-state index is 5.41. The lowest BCUT2D eigenvalue weighted by Crippen LogP contribution is -2.34. The van der Waals surface area contributed by atoms with Crippen molar-refractivity contribution in [2.45, 2.75) is 57.6 Å². The van der Waals surface area contributed by atoms with Crippen LogP contribution in [0.2, 0.25) is 0 Å². The smallest absolute Gasteiger partial charge is 0.231 e. The molecule has 0 amide bonds. The number of likely N-dealkylation sites (N-methyl/N-ethyl adjacent to an activating group) is 1. The van der Waals surface area contributed by atoms with Crippen LogP contribution in [0.25, 0.3) is 0 Å². The minimum absolute atomic E-state index is 0.352. The van der Waals surface area contributed by atoms with Crippen molar-refractivity contribution in [3.8, 4) is 0 Å². The molecule has 5 heteroatoms. The lowest BCUT2D eigenvalue weighted by atomic mass is 9.94. The number of hydrogen-bond acceptors (Lipinski definition) is 5. The van der Waals surface area contributed by atoms with Crippen molar-refractivity contribution in [3.63, 3.8) is 0 Å². The molecule has 1 aliphatic rings. The lowest BCUT2D eigenvalue weighted by Gasteiger charge is -2.22. The Bertz CT molecular complexity index is 354. The third kappa shape index (κ3) is 3.29. The quantitative estimate of drug-likeness (QED) is 0.815. The second-order valence-electron chi connectivity index (χ2n) is 4.89. The van der Waals surface area contributed by atoms with E-state index in [-0.39, 0.29) is 0 Å². The van der Waals surface area contributed by atoms with Crippen LogP contribution < -0.4 is 5.32 Å². The number of ether oxygens (including phenoxy) is 1. The van der Waals surface area contributed by atoms with Crippen LogP contribution in [-0.4, -0.2) is 29.8 Å². The standard InChI is InChI=1S/C13H23N3O2/c1-3-14-11-8-6-4-5-7-10(11)13-15-12(9-17-2)16-18-13/h10-11,14H,3-9H2,1-2H3. The third-order valence-electron chi connectivity index (χ3n) is 3.56. The SMILES string of the molecule is CCNC1CCCCCC1c1nc(COC)no1. The molecule has 1 N–H and O–H groups in total. The normalized spacial score (nSPS) is 25.0. The Morgan fingerprint density at radius 2 is 2.17 bits per heavy atom. The van der Waals surface area contributed by atoms with Crippen LogP contribution in [0.4, 0.5) is 0 Å². The fourth-order valence-electron chi connectivity index (χ4n) is 2.72. The Morgan fingerprint density at radius 3 is 2.94 bits per heavy atom. The molecular weight excluding hydrogens is 230 g/mol. The first-order valence-electron chi connectivity index (χ1n) is 6.90. The Hall–Kier alpha value is -0.940. The number of aromatic nitrogens is 2. The molecule has 0 spiro atoms. The first-order chi connectivity index (χ1) is 8.85.